The molecule has 0 aliphatic heterocycles. The molecule has 0 amide bonds. The molecule has 0 radical (unpaired) electrons. The van der Waals surface area contributed by atoms with Crippen molar-refractivity contribution in [3.63, 3.8) is 0 Å². The van der Waals surface area contributed by atoms with E-state index in [9.17, 15) is 4.79 Å². The van der Waals surface area contributed by atoms with E-state index >= 15 is 0 Å². The van der Waals surface area contributed by atoms with Gasteiger partial charge in [0.1, 0.15) is 10.6 Å². The van der Waals surface area contributed by atoms with E-state index in [4.69, 9.17) is 10.7 Å². The lowest BCUT2D eigenvalue weighted by Gasteiger charge is -2.17. The summed E-state index contributed by atoms with van der Waals surface area (Å²) in [5.41, 5.74) is 8.58. The Morgan fingerprint density at radius 1 is 1.44 bits per heavy atom. The monoisotopic (exact) mass is 372 g/mol. The third-order valence-corrected chi connectivity index (χ3v) is 6.77. The van der Waals surface area contributed by atoms with Gasteiger partial charge in [0, 0.05) is 29.9 Å². The third-order valence-electron chi connectivity index (χ3n) is 4.70. The molecule has 0 saturated heterocycles. The normalized spacial score (nSPS) is 17.0. The Morgan fingerprint density at radius 2 is 2.28 bits per heavy atom. The van der Waals surface area contributed by atoms with Crippen molar-refractivity contribution in [2.75, 3.05) is 5.73 Å². The highest BCUT2D eigenvalue weighted by atomic mass is 32.2. The summed E-state index contributed by atoms with van der Waals surface area (Å²) in [6.45, 7) is 2.30. The van der Waals surface area contributed by atoms with Crippen molar-refractivity contribution >= 4 is 39.1 Å². The number of aromatic nitrogens is 3. The second kappa shape index (κ2) is 6.46. The van der Waals surface area contributed by atoms with Crippen LogP contribution in [0.4, 0.5) is 5.82 Å². The van der Waals surface area contributed by atoms with Crippen LogP contribution in [0.3, 0.4) is 0 Å². The SMILES string of the molecule is CC1CCc2c(sc3nc(SCc4ccn(C)c(=O)c4)nc(N)c23)C1. The Balaban J connectivity index is 1.62. The topological polar surface area (TPSA) is 73.8 Å². The van der Waals surface area contributed by atoms with E-state index in [0.717, 1.165) is 34.5 Å². The number of thiophene rings is 1. The molecule has 25 heavy (non-hydrogen) atoms. The van der Waals surface area contributed by atoms with Crippen LogP contribution in [0.5, 0.6) is 0 Å². The highest BCUT2D eigenvalue weighted by Crippen LogP contribution is 2.40. The van der Waals surface area contributed by atoms with Crippen LogP contribution in [0.2, 0.25) is 0 Å². The summed E-state index contributed by atoms with van der Waals surface area (Å²) in [7, 11) is 1.75. The third kappa shape index (κ3) is 3.18. The highest BCUT2D eigenvalue weighted by molar-refractivity contribution is 7.98. The fourth-order valence-corrected chi connectivity index (χ4v) is 5.48. The van der Waals surface area contributed by atoms with Crippen molar-refractivity contribution in [3.8, 4) is 0 Å². The molecule has 130 valence electrons. The molecule has 3 heterocycles. The first-order valence-corrected chi connectivity index (χ1v) is 10.2. The number of rotatable bonds is 3. The molecule has 0 fully saturated rings. The van der Waals surface area contributed by atoms with Gasteiger partial charge in [0.15, 0.2) is 5.16 Å². The Morgan fingerprint density at radius 3 is 3.08 bits per heavy atom. The Labute approximate surface area is 154 Å². The summed E-state index contributed by atoms with van der Waals surface area (Å²) in [5.74, 6) is 1.97. The van der Waals surface area contributed by atoms with Gasteiger partial charge in [0.2, 0.25) is 0 Å². The number of nitrogen functional groups attached to an aromatic ring is 1. The second-order valence-corrected chi connectivity index (χ2v) is 8.72. The van der Waals surface area contributed by atoms with Crippen LogP contribution in [0.15, 0.2) is 28.3 Å². The molecule has 0 bridgehead atoms. The van der Waals surface area contributed by atoms with Crippen LogP contribution in [0.25, 0.3) is 10.2 Å². The molecule has 0 aromatic carbocycles. The quantitative estimate of drug-likeness (QED) is 0.563. The minimum Gasteiger partial charge on any atom is -0.383 e. The lowest BCUT2D eigenvalue weighted by atomic mass is 9.89. The van der Waals surface area contributed by atoms with Crippen LogP contribution < -0.4 is 11.3 Å². The van der Waals surface area contributed by atoms with Gasteiger partial charge in [0.25, 0.3) is 5.56 Å². The minimum atomic E-state index is -0.00552. The molecule has 3 aromatic heterocycles. The fourth-order valence-electron chi connectivity index (χ4n) is 3.24. The van der Waals surface area contributed by atoms with Crippen molar-refractivity contribution in [1.82, 2.24) is 14.5 Å². The number of fused-ring (bicyclic) bond motifs is 3. The summed E-state index contributed by atoms with van der Waals surface area (Å²) in [6, 6.07) is 3.60. The van der Waals surface area contributed by atoms with E-state index in [0.29, 0.717) is 16.7 Å². The van der Waals surface area contributed by atoms with Crippen LogP contribution in [-0.4, -0.2) is 14.5 Å². The standard InChI is InChI=1S/C18H20N4OS2/c1-10-3-4-12-13(7-10)25-17-15(12)16(19)20-18(21-17)24-9-11-5-6-22(2)14(23)8-11/h5-6,8,10H,3-4,7,9H2,1-2H3,(H2,19,20,21). The Kier molecular flexibility index (Phi) is 4.29. The predicted molar refractivity (Wildman–Crippen MR) is 104 cm³/mol. The van der Waals surface area contributed by atoms with E-state index < -0.39 is 0 Å². The van der Waals surface area contributed by atoms with Gasteiger partial charge in [0.05, 0.1) is 5.39 Å². The molecule has 2 N–H and O–H groups in total. The van der Waals surface area contributed by atoms with Gasteiger partial charge in [-0.25, -0.2) is 9.97 Å². The van der Waals surface area contributed by atoms with Gasteiger partial charge in [-0.2, -0.15) is 0 Å². The summed E-state index contributed by atoms with van der Waals surface area (Å²) < 4.78 is 1.56. The van der Waals surface area contributed by atoms with E-state index in [1.165, 1.54) is 28.6 Å². The number of nitrogens with two attached hydrogens (primary N) is 1. The van der Waals surface area contributed by atoms with Crippen molar-refractivity contribution in [2.45, 2.75) is 37.1 Å². The molecule has 7 heteroatoms. The summed E-state index contributed by atoms with van der Waals surface area (Å²) in [6.07, 6.45) is 5.18. The Bertz CT molecular complexity index is 1010. The lowest BCUT2D eigenvalue weighted by molar-refractivity contribution is 0.509. The fraction of sp³-hybridized carbons (Fsp3) is 0.389. The van der Waals surface area contributed by atoms with Crippen LogP contribution in [0, 0.1) is 5.92 Å². The number of nitrogens with zero attached hydrogens (tertiary/aromatic N) is 3. The van der Waals surface area contributed by atoms with Gasteiger partial charge >= 0.3 is 0 Å². The van der Waals surface area contributed by atoms with E-state index in [1.807, 2.05) is 6.07 Å². The van der Waals surface area contributed by atoms with Gasteiger partial charge in [-0.3, -0.25) is 4.79 Å². The molecule has 3 aromatic rings. The van der Waals surface area contributed by atoms with Crippen LogP contribution in [-0.2, 0) is 25.6 Å². The maximum Gasteiger partial charge on any atom is 0.250 e. The summed E-state index contributed by atoms with van der Waals surface area (Å²) in [4.78, 5) is 23.4. The molecule has 4 rings (SSSR count). The van der Waals surface area contributed by atoms with Gasteiger partial charge < -0.3 is 10.3 Å². The van der Waals surface area contributed by atoms with Crippen LogP contribution in [0.1, 0.15) is 29.3 Å². The zero-order valence-corrected chi connectivity index (χ0v) is 15.9. The van der Waals surface area contributed by atoms with E-state index in [-0.39, 0.29) is 5.56 Å². The molecular formula is C18H20N4OS2. The molecular weight excluding hydrogens is 352 g/mol. The average Bonchev–Trinajstić information content (AvgIpc) is 2.93. The zero-order chi connectivity index (χ0) is 17.6. The van der Waals surface area contributed by atoms with E-state index in [1.54, 1.807) is 35.2 Å². The average molecular weight is 373 g/mol. The second-order valence-electron chi connectivity index (χ2n) is 6.70. The van der Waals surface area contributed by atoms with Crippen LogP contribution >= 0.6 is 23.1 Å². The maximum atomic E-state index is 11.7. The van der Waals surface area contributed by atoms with E-state index in [2.05, 4.69) is 11.9 Å². The van der Waals surface area contributed by atoms with Crippen molar-refractivity contribution in [1.29, 1.82) is 0 Å². The number of hydrogen-bond donors (Lipinski definition) is 1. The van der Waals surface area contributed by atoms with Crippen molar-refractivity contribution < 1.29 is 0 Å². The smallest absolute Gasteiger partial charge is 0.250 e. The largest absolute Gasteiger partial charge is 0.383 e. The zero-order valence-electron chi connectivity index (χ0n) is 14.3. The molecule has 1 aliphatic carbocycles. The molecule has 1 atom stereocenters. The molecule has 1 aliphatic rings. The first-order valence-electron chi connectivity index (χ1n) is 8.37. The summed E-state index contributed by atoms with van der Waals surface area (Å²) in [5, 5.41) is 1.74. The molecule has 1 unspecified atom stereocenters. The van der Waals surface area contributed by atoms with Crippen molar-refractivity contribution in [2.24, 2.45) is 13.0 Å². The Hall–Kier alpha value is -1.86. The van der Waals surface area contributed by atoms with Gasteiger partial charge in [-0.1, -0.05) is 18.7 Å². The number of aryl methyl sites for hydroxylation is 2. The molecule has 5 nitrogen and oxygen atoms in total. The van der Waals surface area contributed by atoms with Gasteiger partial charge in [-0.05, 0) is 42.4 Å². The maximum absolute atomic E-state index is 11.7. The van der Waals surface area contributed by atoms with Gasteiger partial charge in [-0.15, -0.1) is 11.3 Å². The predicted octanol–water partition coefficient (Wildman–Crippen LogP) is 3.39. The first kappa shape index (κ1) is 16.6. The van der Waals surface area contributed by atoms with Crippen molar-refractivity contribution in [3.05, 3.63) is 44.7 Å². The number of hydrogen-bond acceptors (Lipinski definition) is 6. The number of thioether (sulfide) groups is 1. The first-order chi connectivity index (χ1) is 12.0. The number of anilines is 1. The molecule has 0 spiro atoms. The number of pyridine rings is 1. The highest BCUT2D eigenvalue weighted by Gasteiger charge is 2.23. The minimum absolute atomic E-state index is 0.00552. The molecule has 0 saturated carbocycles. The summed E-state index contributed by atoms with van der Waals surface area (Å²) >= 11 is 3.28. The lowest BCUT2D eigenvalue weighted by Crippen LogP contribution is -2.14.